The summed E-state index contributed by atoms with van der Waals surface area (Å²) in [5.41, 5.74) is 0. The monoisotopic (exact) mass is 478 g/mol. The molecule has 3 fully saturated rings. The molecule has 0 spiro atoms. The van der Waals surface area contributed by atoms with E-state index in [4.69, 9.17) is 16.3 Å². The molecule has 2 saturated heterocycles. The van der Waals surface area contributed by atoms with E-state index in [-0.39, 0.29) is 5.25 Å². The minimum absolute atomic E-state index is 0.102. The van der Waals surface area contributed by atoms with Crippen LogP contribution in [0.3, 0.4) is 0 Å². The Labute approximate surface area is 195 Å². The first-order valence-corrected chi connectivity index (χ1v) is 13.7. The molecule has 2 atom stereocenters. The van der Waals surface area contributed by atoms with Crippen LogP contribution < -0.4 is 4.90 Å². The molecule has 1 saturated carbocycles. The van der Waals surface area contributed by atoms with Gasteiger partial charge in [-0.3, -0.25) is 0 Å². The Kier molecular flexibility index (Phi) is 6.62. The Bertz CT molecular complexity index is 957. The van der Waals surface area contributed by atoms with Crippen molar-refractivity contribution in [2.75, 3.05) is 44.3 Å². The van der Waals surface area contributed by atoms with Gasteiger partial charge in [0.15, 0.2) is 0 Å². The summed E-state index contributed by atoms with van der Waals surface area (Å²) in [6.07, 6.45) is 8.96. The van der Waals surface area contributed by atoms with E-state index in [1.54, 1.807) is 16.7 Å². The standard InChI is InChI=1S/C23H31ClN4O3S/c24-20-13-25-23(26-14-20)27-9-7-18(8-10-27)22-4-1-19(22)16-31-15-17-5-11-28(12-6-17)32(29,30)21-2-3-21/h13-14,17-19,21-22H,2-3,5-12,15-16H2/t19-,22+/m0/s1. The summed E-state index contributed by atoms with van der Waals surface area (Å²) in [6, 6.07) is 0. The maximum Gasteiger partial charge on any atom is 0.225 e. The van der Waals surface area contributed by atoms with E-state index in [2.05, 4.69) is 26.7 Å². The van der Waals surface area contributed by atoms with Crippen LogP contribution >= 0.6 is 11.6 Å². The molecule has 4 aliphatic rings. The molecule has 174 valence electrons. The average Bonchev–Trinajstić information content (AvgIpc) is 3.64. The van der Waals surface area contributed by atoms with Crippen molar-refractivity contribution in [3.8, 4) is 11.8 Å². The highest BCUT2D eigenvalue weighted by molar-refractivity contribution is 7.90. The minimum atomic E-state index is -3.03. The summed E-state index contributed by atoms with van der Waals surface area (Å²) >= 11 is 5.89. The van der Waals surface area contributed by atoms with Crippen molar-refractivity contribution in [1.29, 1.82) is 0 Å². The number of piperidine rings is 2. The van der Waals surface area contributed by atoms with Gasteiger partial charge in [0, 0.05) is 38.7 Å². The van der Waals surface area contributed by atoms with E-state index in [1.165, 1.54) is 0 Å². The number of hydrogen-bond donors (Lipinski definition) is 0. The molecule has 0 bridgehead atoms. The first-order valence-electron chi connectivity index (χ1n) is 11.8. The van der Waals surface area contributed by atoms with Crippen molar-refractivity contribution in [3.05, 3.63) is 17.4 Å². The third-order valence-corrected chi connectivity index (χ3v) is 9.93. The summed E-state index contributed by atoms with van der Waals surface area (Å²) in [6.45, 7) is 4.59. The smallest absolute Gasteiger partial charge is 0.225 e. The number of halogens is 1. The molecule has 7 nitrogen and oxygen atoms in total. The molecule has 0 amide bonds. The van der Waals surface area contributed by atoms with Gasteiger partial charge in [-0.1, -0.05) is 23.4 Å². The number of nitrogens with zero attached hydrogens (tertiary/aromatic N) is 4. The van der Waals surface area contributed by atoms with Gasteiger partial charge in [0.2, 0.25) is 16.0 Å². The highest BCUT2D eigenvalue weighted by atomic mass is 35.5. The van der Waals surface area contributed by atoms with E-state index >= 15 is 0 Å². The van der Waals surface area contributed by atoms with Crippen molar-refractivity contribution in [1.82, 2.24) is 14.3 Å². The van der Waals surface area contributed by atoms with Crippen molar-refractivity contribution < 1.29 is 13.2 Å². The third kappa shape index (κ3) is 4.91. The number of hydrogen-bond acceptors (Lipinski definition) is 6. The molecule has 0 aromatic carbocycles. The molecule has 0 N–H and O–H groups in total. The summed E-state index contributed by atoms with van der Waals surface area (Å²) < 4.78 is 32.5. The first kappa shape index (κ1) is 22.4. The van der Waals surface area contributed by atoms with Gasteiger partial charge < -0.3 is 9.64 Å². The van der Waals surface area contributed by atoms with Crippen LogP contribution in [0.25, 0.3) is 0 Å². The molecule has 5 rings (SSSR count). The average molecular weight is 479 g/mol. The third-order valence-electron chi connectivity index (χ3n) is 7.34. The van der Waals surface area contributed by atoms with E-state index in [0.29, 0.717) is 55.0 Å². The molecular formula is C23H31ClN4O3S. The molecule has 32 heavy (non-hydrogen) atoms. The Balaban J connectivity index is 1.01. The lowest BCUT2D eigenvalue weighted by Crippen LogP contribution is -2.42. The summed E-state index contributed by atoms with van der Waals surface area (Å²) in [4.78, 5) is 10.9. The Morgan fingerprint density at radius 2 is 1.66 bits per heavy atom. The van der Waals surface area contributed by atoms with Gasteiger partial charge in [-0.25, -0.2) is 22.7 Å². The number of aromatic nitrogens is 2. The number of sulfonamides is 1. The maximum atomic E-state index is 12.4. The highest BCUT2D eigenvalue weighted by Crippen LogP contribution is 2.35. The lowest BCUT2D eigenvalue weighted by Gasteiger charge is -2.38. The van der Waals surface area contributed by atoms with Crippen LogP contribution in [0.1, 0.15) is 38.5 Å². The zero-order valence-corrected chi connectivity index (χ0v) is 19.9. The second-order valence-corrected chi connectivity index (χ2v) is 12.2. The fourth-order valence-corrected chi connectivity index (χ4v) is 7.06. The zero-order valence-electron chi connectivity index (χ0n) is 18.3. The lowest BCUT2D eigenvalue weighted by molar-refractivity contribution is 0.0495. The maximum absolute atomic E-state index is 12.4. The SMILES string of the molecule is O=S(=O)(C1CC1)N1CCC(COC[C@@H]2C#C[C@@H]2C2CCN(c3ncc(Cl)cn3)CC2)CC1. The van der Waals surface area contributed by atoms with Gasteiger partial charge >= 0.3 is 0 Å². The molecule has 0 radical (unpaired) electrons. The van der Waals surface area contributed by atoms with Crippen molar-refractivity contribution >= 4 is 27.6 Å². The lowest BCUT2D eigenvalue weighted by atomic mass is 9.73. The van der Waals surface area contributed by atoms with E-state index in [9.17, 15) is 8.42 Å². The fourth-order valence-electron chi connectivity index (χ4n) is 5.09. The van der Waals surface area contributed by atoms with Crippen molar-refractivity contribution in [2.45, 2.75) is 43.8 Å². The normalized spacial score (nSPS) is 27.6. The van der Waals surface area contributed by atoms with E-state index < -0.39 is 10.0 Å². The van der Waals surface area contributed by atoms with Gasteiger partial charge in [0.1, 0.15) is 0 Å². The molecule has 3 heterocycles. The van der Waals surface area contributed by atoms with Crippen LogP contribution in [-0.4, -0.2) is 67.3 Å². The number of anilines is 1. The second kappa shape index (κ2) is 9.46. The van der Waals surface area contributed by atoms with Gasteiger partial charge in [-0.2, -0.15) is 0 Å². The van der Waals surface area contributed by atoms with Gasteiger partial charge in [-0.05, 0) is 50.4 Å². The Hall–Kier alpha value is -1.40. The van der Waals surface area contributed by atoms with Crippen LogP contribution in [0, 0.1) is 35.5 Å². The fraction of sp³-hybridized carbons (Fsp3) is 0.739. The van der Waals surface area contributed by atoms with Crippen LogP contribution in [0.5, 0.6) is 0 Å². The summed E-state index contributed by atoms with van der Waals surface area (Å²) in [7, 11) is -3.03. The minimum Gasteiger partial charge on any atom is -0.380 e. The zero-order chi connectivity index (χ0) is 22.1. The molecule has 2 aliphatic carbocycles. The van der Waals surface area contributed by atoms with Crippen molar-refractivity contribution in [3.63, 3.8) is 0 Å². The van der Waals surface area contributed by atoms with Crippen LogP contribution in [-0.2, 0) is 14.8 Å². The largest absolute Gasteiger partial charge is 0.380 e. The topological polar surface area (TPSA) is 75.6 Å². The summed E-state index contributed by atoms with van der Waals surface area (Å²) in [5.74, 6) is 9.25. The van der Waals surface area contributed by atoms with Crippen LogP contribution in [0.15, 0.2) is 12.4 Å². The predicted octanol–water partition coefficient (Wildman–Crippen LogP) is 2.82. The van der Waals surface area contributed by atoms with E-state index in [0.717, 1.165) is 57.6 Å². The Morgan fingerprint density at radius 3 is 2.25 bits per heavy atom. The van der Waals surface area contributed by atoms with Gasteiger partial charge in [0.05, 0.1) is 35.2 Å². The molecular weight excluding hydrogens is 448 g/mol. The van der Waals surface area contributed by atoms with Crippen LogP contribution in [0.2, 0.25) is 5.02 Å². The molecule has 0 unspecified atom stereocenters. The van der Waals surface area contributed by atoms with Crippen molar-refractivity contribution in [2.24, 2.45) is 23.7 Å². The van der Waals surface area contributed by atoms with Gasteiger partial charge in [-0.15, -0.1) is 0 Å². The van der Waals surface area contributed by atoms with E-state index in [1.807, 2.05) is 0 Å². The Morgan fingerprint density at radius 1 is 0.969 bits per heavy atom. The first-order chi connectivity index (χ1) is 15.5. The molecule has 9 heteroatoms. The second-order valence-electron chi connectivity index (χ2n) is 9.57. The molecule has 1 aromatic heterocycles. The number of rotatable bonds is 8. The van der Waals surface area contributed by atoms with Crippen LogP contribution in [0.4, 0.5) is 5.95 Å². The summed E-state index contributed by atoms with van der Waals surface area (Å²) in [5, 5.41) is 0.458. The van der Waals surface area contributed by atoms with Gasteiger partial charge in [0.25, 0.3) is 0 Å². The molecule has 1 aromatic rings. The highest BCUT2D eigenvalue weighted by Gasteiger charge is 2.41. The predicted molar refractivity (Wildman–Crippen MR) is 124 cm³/mol. The quantitative estimate of drug-likeness (QED) is 0.535. The molecule has 2 aliphatic heterocycles. The number of ether oxygens (including phenoxy) is 1.